The second kappa shape index (κ2) is 12.1. The van der Waals surface area contributed by atoms with E-state index in [1.54, 1.807) is 0 Å². The quantitative estimate of drug-likeness (QED) is 0.180. The van der Waals surface area contributed by atoms with Crippen LogP contribution in [0.4, 0.5) is 0 Å². The van der Waals surface area contributed by atoms with E-state index in [1.807, 2.05) is 24.4 Å². The Balaban J connectivity index is 1.05. The van der Waals surface area contributed by atoms with E-state index in [-0.39, 0.29) is 0 Å². The lowest BCUT2D eigenvalue weighted by Gasteiger charge is -2.14. The van der Waals surface area contributed by atoms with Gasteiger partial charge in [-0.2, -0.15) is 0 Å². The van der Waals surface area contributed by atoms with Crippen molar-refractivity contribution in [2.75, 3.05) is 0 Å². The van der Waals surface area contributed by atoms with E-state index >= 15 is 0 Å². The SMILES string of the molecule is c1ccc(-c2ncc3c(-c4ccc(-n5c6ccccc6c6ccccc65)cc4)cc(-c4ccc(-n5c6ccccc6c6ccccc65)cc4)cc3n2)cc1. The average molecular weight is 689 g/mol. The van der Waals surface area contributed by atoms with Gasteiger partial charge in [-0.1, -0.05) is 127 Å². The van der Waals surface area contributed by atoms with Crippen molar-refractivity contribution in [2.24, 2.45) is 0 Å². The van der Waals surface area contributed by atoms with E-state index < -0.39 is 0 Å². The fourth-order valence-electron chi connectivity index (χ4n) is 8.26. The Labute approximate surface area is 311 Å². The number of hydrogen-bond donors (Lipinski definition) is 0. The van der Waals surface area contributed by atoms with Gasteiger partial charge in [-0.25, -0.2) is 9.97 Å². The normalized spacial score (nSPS) is 11.7. The molecule has 4 heteroatoms. The van der Waals surface area contributed by atoms with Crippen LogP contribution in [0.25, 0.3) is 99.5 Å². The fourth-order valence-corrected chi connectivity index (χ4v) is 8.26. The van der Waals surface area contributed by atoms with Gasteiger partial charge in [0.15, 0.2) is 5.82 Å². The lowest BCUT2D eigenvalue weighted by atomic mass is 9.95. The summed E-state index contributed by atoms with van der Waals surface area (Å²) < 4.78 is 4.72. The Morgan fingerprint density at radius 1 is 0.333 bits per heavy atom. The Bertz CT molecular complexity index is 3080. The molecule has 54 heavy (non-hydrogen) atoms. The summed E-state index contributed by atoms with van der Waals surface area (Å²) in [7, 11) is 0. The van der Waals surface area contributed by atoms with E-state index in [0.29, 0.717) is 0 Å². The third kappa shape index (κ3) is 4.78. The van der Waals surface area contributed by atoms with Crippen LogP contribution in [0.3, 0.4) is 0 Å². The van der Waals surface area contributed by atoms with Gasteiger partial charge in [-0.3, -0.25) is 0 Å². The third-order valence-electron chi connectivity index (χ3n) is 10.8. The molecule has 0 radical (unpaired) electrons. The molecule has 0 aliphatic heterocycles. The van der Waals surface area contributed by atoms with Crippen LogP contribution in [-0.4, -0.2) is 19.1 Å². The lowest BCUT2D eigenvalue weighted by Crippen LogP contribution is -1.95. The van der Waals surface area contributed by atoms with Gasteiger partial charge in [-0.05, 0) is 82.9 Å². The van der Waals surface area contributed by atoms with E-state index in [0.717, 1.165) is 55.9 Å². The van der Waals surface area contributed by atoms with Crippen molar-refractivity contribution >= 4 is 54.5 Å². The molecular weight excluding hydrogens is 657 g/mol. The standard InChI is InChI=1S/C50H32N4/c1-2-12-35(13-3-1)50-51-32-44-43(34-24-28-38(29-25-34)54-48-20-10-6-16-41(48)42-17-7-11-21-49(42)54)30-36(31-45(44)52-50)33-22-26-37(27-23-33)53-46-18-8-4-14-39(46)40-15-5-9-19-47(40)53/h1-32H. The predicted octanol–water partition coefficient (Wildman–Crippen LogP) is 12.8. The lowest BCUT2D eigenvalue weighted by molar-refractivity contribution is 1.18. The molecule has 0 aliphatic rings. The van der Waals surface area contributed by atoms with Crippen LogP contribution in [0, 0.1) is 0 Å². The Morgan fingerprint density at radius 2 is 0.778 bits per heavy atom. The van der Waals surface area contributed by atoms with Crippen LogP contribution in [0.1, 0.15) is 0 Å². The van der Waals surface area contributed by atoms with E-state index in [2.05, 4.69) is 179 Å². The second-order valence-corrected chi connectivity index (χ2v) is 13.8. The van der Waals surface area contributed by atoms with Crippen LogP contribution in [0.2, 0.25) is 0 Å². The first-order valence-corrected chi connectivity index (χ1v) is 18.3. The zero-order valence-electron chi connectivity index (χ0n) is 29.3. The summed E-state index contributed by atoms with van der Waals surface area (Å²) in [4.78, 5) is 10.0. The molecule has 3 aromatic heterocycles. The molecule has 0 amide bonds. The van der Waals surface area contributed by atoms with Gasteiger partial charge >= 0.3 is 0 Å². The minimum atomic E-state index is 0.717. The summed E-state index contributed by atoms with van der Waals surface area (Å²) in [6, 6.07) is 67.1. The minimum absolute atomic E-state index is 0.717. The van der Waals surface area contributed by atoms with Crippen molar-refractivity contribution in [1.29, 1.82) is 0 Å². The number of aromatic nitrogens is 4. The fraction of sp³-hybridized carbons (Fsp3) is 0. The molecule has 0 atom stereocenters. The largest absolute Gasteiger partial charge is 0.309 e. The van der Waals surface area contributed by atoms with E-state index in [4.69, 9.17) is 9.97 Å². The van der Waals surface area contributed by atoms with Crippen molar-refractivity contribution in [3.63, 3.8) is 0 Å². The molecule has 3 heterocycles. The zero-order chi connectivity index (χ0) is 35.6. The van der Waals surface area contributed by atoms with Crippen molar-refractivity contribution in [2.45, 2.75) is 0 Å². The maximum absolute atomic E-state index is 5.15. The third-order valence-corrected chi connectivity index (χ3v) is 10.8. The average Bonchev–Trinajstić information content (AvgIpc) is 3.77. The smallest absolute Gasteiger partial charge is 0.159 e. The Kier molecular flexibility index (Phi) is 6.82. The van der Waals surface area contributed by atoms with E-state index in [1.165, 1.54) is 43.6 Å². The van der Waals surface area contributed by atoms with E-state index in [9.17, 15) is 0 Å². The molecule has 8 aromatic carbocycles. The molecule has 0 saturated heterocycles. The summed E-state index contributed by atoms with van der Waals surface area (Å²) >= 11 is 0. The van der Waals surface area contributed by atoms with Crippen LogP contribution in [0.5, 0.6) is 0 Å². The first kappa shape index (κ1) is 30.3. The van der Waals surface area contributed by atoms with Gasteiger partial charge in [0.1, 0.15) is 0 Å². The Morgan fingerprint density at radius 3 is 1.28 bits per heavy atom. The minimum Gasteiger partial charge on any atom is -0.309 e. The Hall–Kier alpha value is -7.30. The highest BCUT2D eigenvalue weighted by molar-refractivity contribution is 6.10. The number of nitrogens with zero attached hydrogens (tertiary/aromatic N) is 4. The highest BCUT2D eigenvalue weighted by Crippen LogP contribution is 2.38. The van der Waals surface area contributed by atoms with Crippen molar-refractivity contribution in [3.8, 4) is 45.0 Å². The van der Waals surface area contributed by atoms with Crippen LogP contribution in [-0.2, 0) is 0 Å². The van der Waals surface area contributed by atoms with Crippen LogP contribution >= 0.6 is 0 Å². The molecule has 0 fully saturated rings. The molecule has 4 nitrogen and oxygen atoms in total. The molecule has 0 bridgehead atoms. The summed E-state index contributed by atoms with van der Waals surface area (Å²) in [5.41, 5.74) is 13.4. The maximum Gasteiger partial charge on any atom is 0.159 e. The highest BCUT2D eigenvalue weighted by atomic mass is 15.0. The topological polar surface area (TPSA) is 35.6 Å². The summed E-state index contributed by atoms with van der Waals surface area (Å²) in [6.07, 6.45) is 1.98. The number of para-hydroxylation sites is 4. The van der Waals surface area contributed by atoms with Crippen molar-refractivity contribution < 1.29 is 0 Å². The van der Waals surface area contributed by atoms with Crippen LogP contribution < -0.4 is 0 Å². The van der Waals surface area contributed by atoms with Gasteiger partial charge in [-0.15, -0.1) is 0 Å². The first-order chi connectivity index (χ1) is 26.8. The number of benzene rings is 8. The number of fused-ring (bicyclic) bond motifs is 7. The summed E-state index contributed by atoms with van der Waals surface area (Å²) in [5.74, 6) is 0.717. The molecule has 0 spiro atoms. The predicted molar refractivity (Wildman–Crippen MR) is 225 cm³/mol. The number of hydrogen-bond acceptors (Lipinski definition) is 2. The monoisotopic (exact) mass is 688 g/mol. The van der Waals surface area contributed by atoms with Gasteiger partial charge in [0.25, 0.3) is 0 Å². The van der Waals surface area contributed by atoms with Gasteiger partial charge in [0.2, 0.25) is 0 Å². The van der Waals surface area contributed by atoms with Gasteiger partial charge in [0.05, 0.1) is 27.6 Å². The van der Waals surface area contributed by atoms with Gasteiger partial charge in [0, 0.05) is 50.1 Å². The molecule has 0 saturated carbocycles. The highest BCUT2D eigenvalue weighted by Gasteiger charge is 2.16. The van der Waals surface area contributed by atoms with Crippen LogP contribution in [0.15, 0.2) is 194 Å². The maximum atomic E-state index is 5.15. The summed E-state index contributed by atoms with van der Waals surface area (Å²) in [6.45, 7) is 0. The molecule has 0 N–H and O–H groups in total. The van der Waals surface area contributed by atoms with Gasteiger partial charge < -0.3 is 9.13 Å². The molecule has 11 rings (SSSR count). The molecule has 11 aromatic rings. The van der Waals surface area contributed by atoms with Crippen molar-refractivity contribution in [1.82, 2.24) is 19.1 Å². The summed E-state index contributed by atoms with van der Waals surface area (Å²) in [5, 5.41) is 6.05. The molecule has 0 aliphatic carbocycles. The molecule has 0 unspecified atom stereocenters. The zero-order valence-corrected chi connectivity index (χ0v) is 29.3. The van der Waals surface area contributed by atoms with Crippen molar-refractivity contribution in [3.05, 3.63) is 194 Å². The number of rotatable bonds is 5. The first-order valence-electron chi connectivity index (χ1n) is 18.3. The molecule has 252 valence electrons. The second-order valence-electron chi connectivity index (χ2n) is 13.8. The molecular formula is C50H32N4.